The lowest BCUT2D eigenvalue weighted by atomic mass is 10.1. The predicted molar refractivity (Wildman–Crippen MR) is 74.4 cm³/mol. The van der Waals surface area contributed by atoms with E-state index in [0.29, 0.717) is 12.1 Å². The van der Waals surface area contributed by atoms with Crippen LogP contribution >= 0.6 is 0 Å². The summed E-state index contributed by atoms with van der Waals surface area (Å²) in [7, 11) is 0. The normalized spacial score (nSPS) is 14.3. The Bertz CT molecular complexity index is 496. The molecule has 0 saturated heterocycles. The van der Waals surface area contributed by atoms with Crippen LogP contribution in [0.5, 0.6) is 0 Å². The van der Waals surface area contributed by atoms with Crippen LogP contribution in [-0.4, -0.2) is 21.9 Å². The second-order valence-corrected chi connectivity index (χ2v) is 5.03. The van der Waals surface area contributed by atoms with Crippen LogP contribution in [0.1, 0.15) is 19.4 Å². The van der Waals surface area contributed by atoms with Crippen molar-refractivity contribution >= 4 is 0 Å². The molecule has 19 heavy (non-hydrogen) atoms. The molecule has 0 spiro atoms. The van der Waals surface area contributed by atoms with Crippen molar-refractivity contribution in [2.45, 2.75) is 38.9 Å². The van der Waals surface area contributed by atoms with Gasteiger partial charge in [0.05, 0.1) is 6.54 Å². The molecule has 0 bridgehead atoms. The van der Waals surface area contributed by atoms with E-state index in [2.05, 4.69) is 24.3 Å². The van der Waals surface area contributed by atoms with Gasteiger partial charge >= 0.3 is 0 Å². The maximum absolute atomic E-state index is 13.1. The van der Waals surface area contributed by atoms with Crippen molar-refractivity contribution in [3.8, 4) is 0 Å². The van der Waals surface area contributed by atoms with E-state index in [1.807, 2.05) is 23.0 Å². The van der Waals surface area contributed by atoms with Crippen LogP contribution in [0.4, 0.5) is 4.39 Å². The molecule has 2 rings (SSSR count). The zero-order valence-electron chi connectivity index (χ0n) is 11.4. The maximum atomic E-state index is 13.1. The fourth-order valence-electron chi connectivity index (χ4n) is 2.30. The Morgan fingerprint density at radius 2 is 2.11 bits per heavy atom. The number of aromatic nitrogens is 2. The summed E-state index contributed by atoms with van der Waals surface area (Å²) in [5.41, 5.74) is 1.02. The summed E-state index contributed by atoms with van der Waals surface area (Å²) in [5, 5.41) is 7.69. The SMILES string of the molecule is CC(Cc1cccc(F)c1)NC(C)Cn1cccn1. The zero-order valence-corrected chi connectivity index (χ0v) is 11.4. The Morgan fingerprint density at radius 1 is 1.26 bits per heavy atom. The summed E-state index contributed by atoms with van der Waals surface area (Å²) < 4.78 is 15.0. The van der Waals surface area contributed by atoms with Gasteiger partial charge in [0.15, 0.2) is 0 Å². The number of nitrogens with one attached hydrogen (secondary N) is 1. The molecule has 102 valence electrons. The van der Waals surface area contributed by atoms with Gasteiger partial charge < -0.3 is 5.32 Å². The Balaban J connectivity index is 1.82. The maximum Gasteiger partial charge on any atom is 0.123 e. The van der Waals surface area contributed by atoms with Crippen molar-refractivity contribution < 1.29 is 4.39 Å². The third-order valence-corrected chi connectivity index (χ3v) is 3.02. The van der Waals surface area contributed by atoms with E-state index in [1.165, 1.54) is 6.07 Å². The highest BCUT2D eigenvalue weighted by Crippen LogP contribution is 2.07. The van der Waals surface area contributed by atoms with Gasteiger partial charge in [-0.05, 0) is 44.0 Å². The Labute approximate surface area is 113 Å². The van der Waals surface area contributed by atoms with Crippen molar-refractivity contribution in [1.82, 2.24) is 15.1 Å². The van der Waals surface area contributed by atoms with Crippen molar-refractivity contribution in [3.63, 3.8) is 0 Å². The quantitative estimate of drug-likeness (QED) is 0.866. The topological polar surface area (TPSA) is 29.9 Å². The molecule has 0 aliphatic heterocycles. The molecule has 0 amide bonds. The first-order valence-electron chi connectivity index (χ1n) is 6.61. The Kier molecular flexibility index (Phi) is 4.68. The molecule has 1 aromatic heterocycles. The van der Waals surface area contributed by atoms with E-state index < -0.39 is 0 Å². The molecule has 1 aromatic carbocycles. The van der Waals surface area contributed by atoms with Gasteiger partial charge in [0.1, 0.15) is 5.82 Å². The third-order valence-electron chi connectivity index (χ3n) is 3.02. The van der Waals surface area contributed by atoms with Crippen LogP contribution in [0.2, 0.25) is 0 Å². The minimum Gasteiger partial charge on any atom is -0.310 e. The first-order valence-corrected chi connectivity index (χ1v) is 6.61. The fourth-order valence-corrected chi connectivity index (χ4v) is 2.30. The molecule has 2 aromatic rings. The van der Waals surface area contributed by atoms with Crippen molar-refractivity contribution in [1.29, 1.82) is 0 Å². The molecule has 0 saturated carbocycles. The minimum absolute atomic E-state index is 0.172. The molecule has 1 heterocycles. The second kappa shape index (κ2) is 6.48. The van der Waals surface area contributed by atoms with E-state index in [4.69, 9.17) is 0 Å². The summed E-state index contributed by atoms with van der Waals surface area (Å²) in [6, 6.07) is 9.32. The van der Waals surface area contributed by atoms with E-state index >= 15 is 0 Å². The van der Waals surface area contributed by atoms with Crippen LogP contribution in [0.3, 0.4) is 0 Å². The molecule has 2 unspecified atom stereocenters. The van der Waals surface area contributed by atoms with Gasteiger partial charge in [-0.2, -0.15) is 5.10 Å². The monoisotopic (exact) mass is 261 g/mol. The number of benzene rings is 1. The Morgan fingerprint density at radius 3 is 2.79 bits per heavy atom. The zero-order chi connectivity index (χ0) is 13.7. The van der Waals surface area contributed by atoms with Crippen LogP contribution in [-0.2, 0) is 13.0 Å². The number of halogens is 1. The van der Waals surface area contributed by atoms with Crippen LogP contribution in [0.25, 0.3) is 0 Å². The van der Waals surface area contributed by atoms with Gasteiger partial charge in [0.2, 0.25) is 0 Å². The molecule has 0 aliphatic rings. The number of rotatable bonds is 6. The van der Waals surface area contributed by atoms with Gasteiger partial charge in [0, 0.05) is 24.5 Å². The summed E-state index contributed by atoms with van der Waals surface area (Å²) >= 11 is 0. The largest absolute Gasteiger partial charge is 0.310 e. The second-order valence-electron chi connectivity index (χ2n) is 5.03. The summed E-state index contributed by atoms with van der Waals surface area (Å²) in [6.45, 7) is 5.08. The molecule has 2 atom stereocenters. The summed E-state index contributed by atoms with van der Waals surface area (Å²) in [6.07, 6.45) is 4.56. The molecule has 4 heteroatoms. The number of nitrogens with zero attached hydrogens (tertiary/aromatic N) is 2. The highest BCUT2D eigenvalue weighted by atomic mass is 19.1. The number of hydrogen-bond donors (Lipinski definition) is 1. The van der Waals surface area contributed by atoms with Crippen LogP contribution < -0.4 is 5.32 Å². The average Bonchev–Trinajstić information content (AvgIpc) is 2.81. The summed E-state index contributed by atoms with van der Waals surface area (Å²) in [5.74, 6) is -0.172. The first kappa shape index (κ1) is 13.7. The van der Waals surface area contributed by atoms with Crippen LogP contribution in [0.15, 0.2) is 42.7 Å². The molecule has 1 N–H and O–H groups in total. The molecule has 3 nitrogen and oxygen atoms in total. The first-order chi connectivity index (χ1) is 9.13. The van der Waals surface area contributed by atoms with E-state index in [0.717, 1.165) is 18.5 Å². The highest BCUT2D eigenvalue weighted by Gasteiger charge is 2.09. The predicted octanol–water partition coefficient (Wildman–Crippen LogP) is 2.63. The molecular formula is C15H20FN3. The molecule has 0 aliphatic carbocycles. The van der Waals surface area contributed by atoms with Crippen molar-refractivity contribution in [2.24, 2.45) is 0 Å². The third kappa shape index (κ3) is 4.48. The van der Waals surface area contributed by atoms with Crippen molar-refractivity contribution in [2.75, 3.05) is 0 Å². The molecular weight excluding hydrogens is 241 g/mol. The summed E-state index contributed by atoms with van der Waals surface area (Å²) in [4.78, 5) is 0. The average molecular weight is 261 g/mol. The molecule has 0 radical (unpaired) electrons. The fraction of sp³-hybridized carbons (Fsp3) is 0.400. The van der Waals surface area contributed by atoms with Gasteiger partial charge in [-0.3, -0.25) is 4.68 Å². The molecule has 0 fully saturated rings. The van der Waals surface area contributed by atoms with E-state index in [-0.39, 0.29) is 5.82 Å². The standard InChI is InChI=1S/C15H20FN3/c1-12(9-14-5-3-6-15(16)10-14)18-13(2)11-19-8-4-7-17-19/h3-8,10,12-13,18H,9,11H2,1-2H3. The lowest BCUT2D eigenvalue weighted by Gasteiger charge is -2.20. The van der Waals surface area contributed by atoms with E-state index in [9.17, 15) is 4.39 Å². The minimum atomic E-state index is -0.172. The highest BCUT2D eigenvalue weighted by molar-refractivity contribution is 5.17. The smallest absolute Gasteiger partial charge is 0.123 e. The van der Waals surface area contributed by atoms with Gasteiger partial charge in [-0.15, -0.1) is 0 Å². The van der Waals surface area contributed by atoms with Gasteiger partial charge in [-0.1, -0.05) is 12.1 Å². The van der Waals surface area contributed by atoms with Crippen LogP contribution in [0, 0.1) is 5.82 Å². The van der Waals surface area contributed by atoms with E-state index in [1.54, 1.807) is 18.3 Å². The van der Waals surface area contributed by atoms with Crippen molar-refractivity contribution in [3.05, 3.63) is 54.1 Å². The lowest BCUT2D eigenvalue weighted by Crippen LogP contribution is -2.38. The van der Waals surface area contributed by atoms with Gasteiger partial charge in [0.25, 0.3) is 0 Å². The number of hydrogen-bond acceptors (Lipinski definition) is 2. The Hall–Kier alpha value is -1.68. The van der Waals surface area contributed by atoms with Gasteiger partial charge in [-0.25, -0.2) is 4.39 Å². The lowest BCUT2D eigenvalue weighted by molar-refractivity contribution is 0.405.